The summed E-state index contributed by atoms with van der Waals surface area (Å²) in [5.41, 5.74) is 1.03. The van der Waals surface area contributed by atoms with Gasteiger partial charge in [0, 0.05) is 72.4 Å². The average molecular weight is 447 g/mol. The second kappa shape index (κ2) is 9.76. The molecule has 1 N–H and O–H groups in total. The average Bonchev–Trinajstić information content (AvgIpc) is 2.67. The van der Waals surface area contributed by atoms with Crippen molar-refractivity contribution in [3.05, 3.63) is 28.2 Å². The van der Waals surface area contributed by atoms with Crippen molar-refractivity contribution >= 4 is 46.3 Å². The van der Waals surface area contributed by atoms with Crippen LogP contribution < -0.4 is 10.2 Å². The predicted octanol–water partition coefficient (Wildman–Crippen LogP) is 3.36. The molecule has 0 radical (unpaired) electrons. The molecule has 3 rings (SSSR count). The number of amides is 2. The van der Waals surface area contributed by atoms with Crippen LogP contribution in [-0.4, -0.2) is 71.4 Å². The quantitative estimate of drug-likeness (QED) is 0.720. The van der Waals surface area contributed by atoms with Crippen molar-refractivity contribution in [1.82, 2.24) is 14.5 Å². The maximum Gasteiger partial charge on any atom is 0.317 e. The molecule has 1 atom stereocenters. The van der Waals surface area contributed by atoms with E-state index in [2.05, 4.69) is 10.2 Å². The van der Waals surface area contributed by atoms with E-state index in [-0.39, 0.29) is 18.1 Å². The summed E-state index contributed by atoms with van der Waals surface area (Å²) in [6.07, 6.45) is 5.20. The summed E-state index contributed by atoms with van der Waals surface area (Å²) in [4.78, 5) is 16.7. The molecule has 2 aliphatic heterocycles. The largest absolute Gasteiger partial charge is 0.598 e. The lowest BCUT2D eigenvalue weighted by Crippen LogP contribution is -2.53. The van der Waals surface area contributed by atoms with E-state index >= 15 is 0 Å². The Morgan fingerprint density at radius 2 is 1.68 bits per heavy atom. The SMILES string of the molecule is CN(C(=O)NC1CCN(c2cc(Cl)cc(Cl)c2)CC1)C1CCN([S+](C)[O-])CC1. The number of halogens is 2. The molecule has 1 unspecified atom stereocenters. The minimum atomic E-state index is -0.926. The van der Waals surface area contributed by atoms with Gasteiger partial charge in [0.25, 0.3) is 0 Å². The van der Waals surface area contributed by atoms with Gasteiger partial charge in [-0.2, -0.15) is 0 Å². The molecule has 0 bridgehead atoms. The molecule has 2 heterocycles. The molecule has 2 amide bonds. The Balaban J connectivity index is 1.46. The highest BCUT2D eigenvalue weighted by atomic mass is 35.5. The fourth-order valence-electron chi connectivity index (χ4n) is 3.93. The van der Waals surface area contributed by atoms with E-state index in [1.165, 1.54) is 0 Å². The molecule has 9 heteroatoms. The van der Waals surface area contributed by atoms with Crippen LogP contribution in [0, 0.1) is 0 Å². The number of nitrogens with one attached hydrogen (secondary N) is 1. The van der Waals surface area contributed by atoms with Crippen molar-refractivity contribution < 1.29 is 9.35 Å². The van der Waals surface area contributed by atoms with Gasteiger partial charge in [-0.3, -0.25) is 0 Å². The minimum absolute atomic E-state index is 0.0136. The molecule has 1 aromatic carbocycles. The molecule has 2 fully saturated rings. The number of urea groups is 1. The molecule has 6 nitrogen and oxygen atoms in total. The van der Waals surface area contributed by atoms with Gasteiger partial charge in [0.05, 0.1) is 0 Å². The van der Waals surface area contributed by atoms with Crippen LogP contribution in [0.3, 0.4) is 0 Å². The summed E-state index contributed by atoms with van der Waals surface area (Å²) in [5.74, 6) is 0. The van der Waals surface area contributed by atoms with Crippen LogP contribution >= 0.6 is 23.2 Å². The number of benzene rings is 1. The maximum absolute atomic E-state index is 12.7. The van der Waals surface area contributed by atoms with Gasteiger partial charge < -0.3 is 19.7 Å². The lowest BCUT2D eigenvalue weighted by Gasteiger charge is -2.38. The third-order valence-corrected chi connectivity index (χ3v) is 7.22. The van der Waals surface area contributed by atoms with Crippen LogP contribution in [0.15, 0.2) is 18.2 Å². The van der Waals surface area contributed by atoms with E-state index in [0.717, 1.165) is 57.5 Å². The number of hydrogen-bond donors (Lipinski definition) is 1. The highest BCUT2D eigenvalue weighted by Crippen LogP contribution is 2.27. The number of hydrogen-bond acceptors (Lipinski definition) is 4. The van der Waals surface area contributed by atoms with Crippen molar-refractivity contribution in [3.8, 4) is 0 Å². The van der Waals surface area contributed by atoms with Crippen LogP contribution in [0.4, 0.5) is 10.5 Å². The predicted molar refractivity (Wildman–Crippen MR) is 117 cm³/mol. The Labute approximate surface area is 180 Å². The van der Waals surface area contributed by atoms with Crippen molar-refractivity contribution in [2.45, 2.75) is 37.8 Å². The van der Waals surface area contributed by atoms with Gasteiger partial charge in [0.2, 0.25) is 0 Å². The van der Waals surface area contributed by atoms with E-state index in [0.29, 0.717) is 10.0 Å². The van der Waals surface area contributed by atoms with Gasteiger partial charge in [-0.15, -0.1) is 4.31 Å². The third kappa shape index (κ3) is 5.60. The molecule has 2 aliphatic rings. The first-order valence-corrected chi connectivity index (χ1v) is 11.9. The maximum atomic E-state index is 12.7. The first kappa shape index (κ1) is 21.8. The molecule has 28 heavy (non-hydrogen) atoms. The van der Waals surface area contributed by atoms with Gasteiger partial charge in [0.15, 0.2) is 0 Å². The Kier molecular flexibility index (Phi) is 7.61. The van der Waals surface area contributed by atoms with Gasteiger partial charge in [-0.25, -0.2) is 4.79 Å². The van der Waals surface area contributed by atoms with Crippen LogP contribution in [0.2, 0.25) is 10.0 Å². The second-order valence-corrected chi connectivity index (χ2v) is 9.77. The van der Waals surface area contributed by atoms with Crippen molar-refractivity contribution in [1.29, 1.82) is 0 Å². The van der Waals surface area contributed by atoms with Crippen molar-refractivity contribution in [2.24, 2.45) is 0 Å². The Morgan fingerprint density at radius 3 is 2.21 bits per heavy atom. The fraction of sp³-hybridized carbons (Fsp3) is 0.632. The number of rotatable bonds is 4. The second-order valence-electron chi connectivity index (χ2n) is 7.53. The Morgan fingerprint density at radius 1 is 1.11 bits per heavy atom. The van der Waals surface area contributed by atoms with Crippen LogP contribution in [0.5, 0.6) is 0 Å². The molecule has 0 saturated carbocycles. The number of nitrogens with zero attached hydrogens (tertiary/aromatic N) is 3. The smallest absolute Gasteiger partial charge is 0.317 e. The summed E-state index contributed by atoms with van der Waals surface area (Å²) in [6, 6.07) is 5.95. The first-order valence-electron chi connectivity index (χ1n) is 9.66. The lowest BCUT2D eigenvalue weighted by molar-refractivity contribution is 0.159. The zero-order valence-electron chi connectivity index (χ0n) is 16.4. The standard InChI is InChI=1S/C19H28Cl2N4O2S/c1-23(17-5-9-25(10-6-17)28(2)27)19(26)22-16-3-7-24(8-4-16)18-12-14(20)11-15(21)13-18/h11-13,16-17H,3-10H2,1-2H3,(H,22,26). The van der Waals surface area contributed by atoms with Gasteiger partial charge in [-0.1, -0.05) is 23.2 Å². The van der Waals surface area contributed by atoms with E-state index < -0.39 is 11.4 Å². The molecule has 2 saturated heterocycles. The Hall–Kier alpha value is -0.860. The highest BCUT2D eigenvalue weighted by Gasteiger charge is 2.30. The molecular weight excluding hydrogens is 419 g/mol. The van der Waals surface area contributed by atoms with E-state index in [9.17, 15) is 9.35 Å². The summed E-state index contributed by atoms with van der Waals surface area (Å²) in [6.45, 7) is 3.25. The molecular formula is C19H28Cl2N4O2S. The minimum Gasteiger partial charge on any atom is -0.598 e. The van der Waals surface area contributed by atoms with Crippen molar-refractivity contribution in [2.75, 3.05) is 44.4 Å². The van der Waals surface area contributed by atoms with Gasteiger partial charge >= 0.3 is 6.03 Å². The number of carbonyl (C=O) groups is 1. The summed E-state index contributed by atoms with van der Waals surface area (Å²) in [7, 11) is 1.86. The first-order chi connectivity index (χ1) is 13.3. The lowest BCUT2D eigenvalue weighted by atomic mass is 10.0. The summed E-state index contributed by atoms with van der Waals surface area (Å²) < 4.78 is 13.5. The van der Waals surface area contributed by atoms with Gasteiger partial charge in [-0.05, 0) is 43.9 Å². The number of piperidine rings is 2. The van der Waals surface area contributed by atoms with E-state index in [1.54, 1.807) is 12.3 Å². The van der Waals surface area contributed by atoms with E-state index in [4.69, 9.17) is 23.2 Å². The molecule has 1 aromatic rings. The fourth-order valence-corrected chi connectivity index (χ4v) is 5.17. The molecule has 0 aliphatic carbocycles. The number of carbonyl (C=O) groups excluding carboxylic acids is 1. The highest BCUT2D eigenvalue weighted by molar-refractivity contribution is 7.88. The summed E-state index contributed by atoms with van der Waals surface area (Å²) >= 11 is 11.3. The summed E-state index contributed by atoms with van der Waals surface area (Å²) in [5, 5.41) is 4.45. The van der Waals surface area contributed by atoms with Crippen LogP contribution in [0.1, 0.15) is 25.7 Å². The Bertz CT molecular complexity index is 658. The van der Waals surface area contributed by atoms with E-state index in [1.807, 2.05) is 28.4 Å². The van der Waals surface area contributed by atoms with Gasteiger partial charge in [0.1, 0.15) is 6.26 Å². The number of anilines is 1. The zero-order valence-corrected chi connectivity index (χ0v) is 18.7. The monoisotopic (exact) mass is 446 g/mol. The third-order valence-electron chi connectivity index (χ3n) is 5.69. The van der Waals surface area contributed by atoms with Crippen LogP contribution in [0.25, 0.3) is 0 Å². The molecule has 156 valence electrons. The zero-order chi connectivity index (χ0) is 20.3. The van der Waals surface area contributed by atoms with Crippen LogP contribution in [-0.2, 0) is 11.4 Å². The normalized spacial score (nSPS) is 20.8. The molecule has 0 aromatic heterocycles. The topological polar surface area (TPSA) is 61.9 Å². The van der Waals surface area contributed by atoms with Crippen molar-refractivity contribution in [3.63, 3.8) is 0 Å². The molecule has 0 spiro atoms.